The molecular formula is C33H38O4. The lowest BCUT2D eigenvalue weighted by Gasteiger charge is -2.66. The molecule has 0 amide bonds. The molecule has 7 unspecified atom stereocenters. The molecule has 1 aromatic heterocycles. The van der Waals surface area contributed by atoms with Gasteiger partial charge in [0.1, 0.15) is 6.10 Å². The predicted molar refractivity (Wildman–Crippen MR) is 143 cm³/mol. The van der Waals surface area contributed by atoms with Crippen molar-refractivity contribution in [1.29, 1.82) is 0 Å². The number of furan rings is 1. The van der Waals surface area contributed by atoms with E-state index in [2.05, 4.69) is 52.8 Å². The number of ketones is 1. The number of allylic oxidation sites excluding steroid dienone is 3. The molecule has 4 aliphatic rings. The van der Waals surface area contributed by atoms with Gasteiger partial charge in [-0.3, -0.25) is 4.79 Å². The topological polar surface area (TPSA) is 56.5 Å². The summed E-state index contributed by atoms with van der Waals surface area (Å²) in [6.07, 6.45) is 13.6. The average molecular weight is 499 g/mol. The van der Waals surface area contributed by atoms with Crippen LogP contribution in [0.4, 0.5) is 0 Å². The molecule has 1 heterocycles. The van der Waals surface area contributed by atoms with Crippen molar-refractivity contribution in [2.75, 3.05) is 0 Å². The summed E-state index contributed by atoms with van der Waals surface area (Å²) in [7, 11) is 0. The van der Waals surface area contributed by atoms with Crippen LogP contribution in [-0.2, 0) is 9.53 Å². The van der Waals surface area contributed by atoms with Gasteiger partial charge >= 0.3 is 5.97 Å². The molecule has 7 atom stereocenters. The van der Waals surface area contributed by atoms with Gasteiger partial charge in [0.15, 0.2) is 5.78 Å². The molecule has 0 saturated heterocycles. The van der Waals surface area contributed by atoms with Crippen LogP contribution in [0.2, 0.25) is 0 Å². The molecule has 2 fully saturated rings. The van der Waals surface area contributed by atoms with Crippen LogP contribution in [-0.4, -0.2) is 17.9 Å². The molecule has 4 heteroatoms. The van der Waals surface area contributed by atoms with Gasteiger partial charge in [-0.2, -0.15) is 0 Å². The summed E-state index contributed by atoms with van der Waals surface area (Å²) in [6, 6.07) is 11.4. The van der Waals surface area contributed by atoms with Gasteiger partial charge in [0.05, 0.1) is 18.1 Å². The number of rotatable bonds is 3. The highest BCUT2D eigenvalue weighted by atomic mass is 16.5. The number of hydrogen-bond acceptors (Lipinski definition) is 4. The van der Waals surface area contributed by atoms with Crippen LogP contribution in [0.3, 0.4) is 0 Å². The molecule has 0 aliphatic heterocycles. The van der Waals surface area contributed by atoms with E-state index in [1.54, 1.807) is 6.26 Å². The normalized spacial score (nSPS) is 39.8. The van der Waals surface area contributed by atoms with E-state index in [1.807, 2.05) is 42.7 Å². The Morgan fingerprint density at radius 1 is 1.03 bits per heavy atom. The molecule has 2 saturated carbocycles. The van der Waals surface area contributed by atoms with E-state index < -0.39 is 5.41 Å². The third-order valence-corrected chi connectivity index (χ3v) is 11.1. The van der Waals surface area contributed by atoms with Crippen LogP contribution < -0.4 is 0 Å². The van der Waals surface area contributed by atoms with Gasteiger partial charge in [-0.1, -0.05) is 70.5 Å². The third-order valence-electron chi connectivity index (χ3n) is 11.1. The van der Waals surface area contributed by atoms with Crippen LogP contribution in [0.15, 0.2) is 77.1 Å². The summed E-state index contributed by atoms with van der Waals surface area (Å²) >= 11 is 0. The number of hydrogen-bond donors (Lipinski definition) is 0. The minimum Gasteiger partial charge on any atom is -0.472 e. The summed E-state index contributed by atoms with van der Waals surface area (Å²) in [6.45, 7) is 11.3. The molecule has 37 heavy (non-hydrogen) atoms. The Balaban J connectivity index is 1.47. The van der Waals surface area contributed by atoms with Crippen molar-refractivity contribution in [3.8, 4) is 0 Å². The first-order valence-electron chi connectivity index (χ1n) is 13.8. The number of ether oxygens (including phenoxy) is 1. The van der Waals surface area contributed by atoms with Gasteiger partial charge in [0, 0.05) is 10.8 Å². The maximum absolute atomic E-state index is 13.5. The molecule has 2 aromatic rings. The Morgan fingerprint density at radius 2 is 1.78 bits per heavy atom. The van der Waals surface area contributed by atoms with Gasteiger partial charge in [-0.15, -0.1) is 0 Å². The van der Waals surface area contributed by atoms with Crippen molar-refractivity contribution in [3.05, 3.63) is 83.9 Å². The molecule has 0 radical (unpaired) electrons. The highest BCUT2D eigenvalue weighted by molar-refractivity contribution is 5.96. The molecular weight excluding hydrogens is 460 g/mol. The third kappa shape index (κ3) is 3.26. The maximum Gasteiger partial charge on any atom is 0.338 e. The van der Waals surface area contributed by atoms with Gasteiger partial charge in [-0.05, 0) is 84.1 Å². The largest absolute Gasteiger partial charge is 0.472 e. The number of carbonyl (C=O) groups excluding carboxylic acids is 2. The van der Waals surface area contributed by atoms with E-state index >= 15 is 0 Å². The average Bonchev–Trinajstić information content (AvgIpc) is 3.52. The molecule has 0 bridgehead atoms. The fourth-order valence-electron chi connectivity index (χ4n) is 9.17. The van der Waals surface area contributed by atoms with Crippen molar-refractivity contribution >= 4 is 11.8 Å². The van der Waals surface area contributed by atoms with E-state index in [4.69, 9.17) is 9.15 Å². The van der Waals surface area contributed by atoms with Crippen LogP contribution >= 0.6 is 0 Å². The van der Waals surface area contributed by atoms with E-state index in [0.29, 0.717) is 17.9 Å². The number of fused-ring (bicyclic) bond motifs is 5. The van der Waals surface area contributed by atoms with Crippen molar-refractivity contribution in [2.24, 2.45) is 33.5 Å². The highest BCUT2D eigenvalue weighted by Crippen LogP contribution is 2.72. The minimum absolute atomic E-state index is 0.0283. The molecule has 0 spiro atoms. The molecule has 6 rings (SSSR count). The van der Waals surface area contributed by atoms with Crippen LogP contribution in [0.1, 0.15) is 82.1 Å². The summed E-state index contributed by atoms with van der Waals surface area (Å²) < 4.78 is 12.0. The van der Waals surface area contributed by atoms with Crippen molar-refractivity contribution in [1.82, 2.24) is 0 Å². The summed E-state index contributed by atoms with van der Waals surface area (Å²) in [5.41, 5.74) is 2.23. The first-order valence-corrected chi connectivity index (χ1v) is 13.8. The first-order chi connectivity index (χ1) is 17.5. The van der Waals surface area contributed by atoms with Gasteiger partial charge in [0.25, 0.3) is 0 Å². The van der Waals surface area contributed by atoms with Crippen LogP contribution in [0.5, 0.6) is 0 Å². The van der Waals surface area contributed by atoms with E-state index in [9.17, 15) is 9.59 Å². The smallest absolute Gasteiger partial charge is 0.338 e. The zero-order chi connectivity index (χ0) is 26.2. The molecule has 4 aliphatic carbocycles. The van der Waals surface area contributed by atoms with E-state index in [1.165, 1.54) is 11.1 Å². The van der Waals surface area contributed by atoms with Gasteiger partial charge in [-0.25, -0.2) is 4.79 Å². The Bertz CT molecular complexity index is 1280. The second-order valence-electron chi connectivity index (χ2n) is 13.1. The maximum atomic E-state index is 13.5. The summed E-state index contributed by atoms with van der Waals surface area (Å²) in [5, 5.41) is 0. The van der Waals surface area contributed by atoms with Crippen molar-refractivity contribution in [2.45, 2.75) is 72.3 Å². The van der Waals surface area contributed by atoms with Gasteiger partial charge in [0.2, 0.25) is 0 Å². The molecule has 1 aromatic carbocycles. The standard InChI is InChI=1S/C33H38O4/c1-30(2)26-19-28(37-29(35)21-9-7-6-8-10-21)33(5)24-12-11-23(22-15-18-36-20-22)31(24,3)16-13-25(33)32(26,4)17-14-27(30)34/h6-10,12,14-15,17-18,20,23,25-26,28H,11,13,16,19H2,1-5H3. The minimum atomic E-state index is -0.508. The van der Waals surface area contributed by atoms with Crippen molar-refractivity contribution in [3.63, 3.8) is 0 Å². The van der Waals surface area contributed by atoms with Crippen LogP contribution in [0, 0.1) is 33.5 Å². The SMILES string of the molecule is CC1(C)C(=O)C=CC2(C)C1CC(OC(=O)c1ccccc1)C1(C)C3=CCC(c4ccoc4)C3(C)CCC21. The second-order valence-corrected chi connectivity index (χ2v) is 13.1. The first kappa shape index (κ1) is 24.5. The Morgan fingerprint density at radius 3 is 2.49 bits per heavy atom. The van der Waals surface area contributed by atoms with E-state index in [0.717, 1.165) is 19.3 Å². The lowest BCUT2D eigenvalue weighted by molar-refractivity contribution is -0.165. The fraction of sp³-hybridized carbons (Fsp3) is 0.515. The zero-order valence-electron chi connectivity index (χ0n) is 22.6. The van der Waals surface area contributed by atoms with Crippen LogP contribution in [0.25, 0.3) is 0 Å². The predicted octanol–water partition coefficient (Wildman–Crippen LogP) is 7.53. The Hall–Kier alpha value is -2.88. The number of carbonyl (C=O) groups is 2. The van der Waals surface area contributed by atoms with Crippen molar-refractivity contribution < 1.29 is 18.7 Å². The number of esters is 1. The lowest BCUT2D eigenvalue weighted by atomic mass is 9.38. The Kier molecular flexibility index (Phi) is 5.33. The number of benzene rings is 1. The Labute approximate surface area is 220 Å². The zero-order valence-corrected chi connectivity index (χ0v) is 22.6. The molecule has 4 nitrogen and oxygen atoms in total. The summed E-state index contributed by atoms with van der Waals surface area (Å²) in [5.74, 6) is 0.614. The monoisotopic (exact) mass is 498 g/mol. The van der Waals surface area contributed by atoms with Gasteiger partial charge < -0.3 is 9.15 Å². The molecule has 194 valence electrons. The lowest BCUT2D eigenvalue weighted by Crippen LogP contribution is -2.64. The quantitative estimate of drug-likeness (QED) is 0.324. The summed E-state index contributed by atoms with van der Waals surface area (Å²) in [4.78, 5) is 26.6. The highest BCUT2D eigenvalue weighted by Gasteiger charge is 2.68. The molecule has 0 N–H and O–H groups in total. The second kappa shape index (κ2) is 8.06. The fourth-order valence-corrected chi connectivity index (χ4v) is 9.17. The van der Waals surface area contributed by atoms with E-state index in [-0.39, 0.29) is 45.9 Å².